The summed E-state index contributed by atoms with van der Waals surface area (Å²) in [6.07, 6.45) is 0.828. The van der Waals surface area contributed by atoms with Crippen LogP contribution in [0.25, 0.3) is 10.2 Å². The zero-order valence-corrected chi connectivity index (χ0v) is 19.6. The van der Waals surface area contributed by atoms with Crippen LogP contribution in [-0.4, -0.2) is 67.5 Å². The third-order valence-electron chi connectivity index (χ3n) is 5.19. The summed E-state index contributed by atoms with van der Waals surface area (Å²) in [6.45, 7) is 8.63. The molecule has 10 heteroatoms. The molecule has 0 N–H and O–H groups in total. The lowest BCUT2D eigenvalue weighted by Crippen LogP contribution is -2.39. The number of anilines is 1. The van der Waals surface area contributed by atoms with Gasteiger partial charge < -0.3 is 14.0 Å². The number of carbonyl (C=O) groups excluding carboxylic acids is 1. The predicted octanol–water partition coefficient (Wildman–Crippen LogP) is 3.70. The maximum absolute atomic E-state index is 13.3. The molecule has 3 heterocycles. The Morgan fingerprint density at radius 3 is 2.74 bits per heavy atom. The molecule has 31 heavy (non-hydrogen) atoms. The van der Waals surface area contributed by atoms with Crippen LogP contribution in [0.15, 0.2) is 22.7 Å². The van der Waals surface area contributed by atoms with Crippen molar-refractivity contribution >= 4 is 45.0 Å². The fourth-order valence-electron chi connectivity index (χ4n) is 3.55. The molecule has 168 valence electrons. The first-order valence-corrected chi connectivity index (χ1v) is 10.9. The Kier molecular flexibility index (Phi) is 7.88. The minimum Gasteiger partial charge on any atom is -0.494 e. The lowest BCUT2D eigenvalue weighted by molar-refractivity contribution is 0.0376. The SMILES string of the molecule is COc1ccc(C)c2sc(N(CCCN3CCOCC3)C(=O)c3cc(C)on3)nc12.Cl. The molecule has 4 rings (SSSR count). The van der Waals surface area contributed by atoms with E-state index in [-0.39, 0.29) is 18.3 Å². The highest BCUT2D eigenvalue weighted by Crippen LogP contribution is 2.36. The van der Waals surface area contributed by atoms with Gasteiger partial charge in [0.15, 0.2) is 10.8 Å². The van der Waals surface area contributed by atoms with Gasteiger partial charge in [0.2, 0.25) is 0 Å². The van der Waals surface area contributed by atoms with Crippen LogP contribution >= 0.6 is 23.7 Å². The van der Waals surface area contributed by atoms with Gasteiger partial charge in [-0.05, 0) is 31.9 Å². The minimum atomic E-state index is -0.204. The maximum Gasteiger partial charge on any atom is 0.282 e. The number of ether oxygens (including phenoxy) is 2. The number of methoxy groups -OCH3 is 1. The van der Waals surface area contributed by atoms with Crippen LogP contribution in [0.4, 0.5) is 5.13 Å². The van der Waals surface area contributed by atoms with Crippen molar-refractivity contribution in [2.45, 2.75) is 20.3 Å². The van der Waals surface area contributed by atoms with Crippen LogP contribution in [0.1, 0.15) is 28.2 Å². The van der Waals surface area contributed by atoms with Gasteiger partial charge in [0.25, 0.3) is 5.91 Å². The van der Waals surface area contributed by atoms with E-state index in [1.165, 1.54) is 11.3 Å². The predicted molar refractivity (Wildman–Crippen MR) is 123 cm³/mol. The van der Waals surface area contributed by atoms with Crippen LogP contribution in [0.3, 0.4) is 0 Å². The van der Waals surface area contributed by atoms with Gasteiger partial charge in [-0.15, -0.1) is 12.4 Å². The quantitative estimate of drug-likeness (QED) is 0.525. The standard InChI is InChI=1S/C21H26N4O4S.ClH/c1-14-5-6-17(27-3)18-19(14)30-21(22-18)25(20(26)16-13-15(2)29-23-16)8-4-7-24-9-11-28-12-10-24;/h5-6,13H,4,7-12H2,1-3H3;1H. The van der Waals surface area contributed by atoms with E-state index in [1.54, 1.807) is 25.0 Å². The number of aromatic nitrogens is 2. The molecule has 0 saturated carbocycles. The monoisotopic (exact) mass is 466 g/mol. The van der Waals surface area contributed by atoms with E-state index in [0.717, 1.165) is 55.0 Å². The number of hydrogen-bond donors (Lipinski definition) is 0. The molecule has 1 aromatic carbocycles. The molecule has 0 atom stereocenters. The number of thiazole rings is 1. The van der Waals surface area contributed by atoms with Gasteiger partial charge in [-0.2, -0.15) is 0 Å². The fourth-order valence-corrected chi connectivity index (χ4v) is 4.62. The number of hydrogen-bond acceptors (Lipinski definition) is 8. The highest BCUT2D eigenvalue weighted by Gasteiger charge is 2.25. The van der Waals surface area contributed by atoms with Crippen molar-refractivity contribution in [1.82, 2.24) is 15.0 Å². The lowest BCUT2D eigenvalue weighted by atomic mass is 10.2. The van der Waals surface area contributed by atoms with Gasteiger partial charge in [-0.3, -0.25) is 14.6 Å². The first kappa shape index (κ1) is 23.5. The average Bonchev–Trinajstić information content (AvgIpc) is 3.39. The van der Waals surface area contributed by atoms with Gasteiger partial charge in [0.1, 0.15) is 17.0 Å². The Labute approximate surface area is 191 Å². The molecule has 0 radical (unpaired) electrons. The lowest BCUT2D eigenvalue weighted by Gasteiger charge is -2.27. The minimum absolute atomic E-state index is 0. The number of aryl methyl sites for hydroxylation is 2. The average molecular weight is 467 g/mol. The van der Waals surface area contributed by atoms with Crippen LogP contribution in [0.2, 0.25) is 0 Å². The number of morpholine rings is 1. The number of fused-ring (bicyclic) bond motifs is 1. The number of rotatable bonds is 7. The number of nitrogens with zero attached hydrogens (tertiary/aromatic N) is 4. The van der Waals surface area contributed by atoms with Crippen molar-refractivity contribution in [3.8, 4) is 5.75 Å². The number of carbonyl (C=O) groups is 1. The second-order valence-corrected chi connectivity index (χ2v) is 8.32. The topological polar surface area (TPSA) is 80.9 Å². The molecule has 3 aromatic rings. The molecule has 1 fully saturated rings. The summed E-state index contributed by atoms with van der Waals surface area (Å²) in [7, 11) is 1.63. The zero-order valence-electron chi connectivity index (χ0n) is 17.9. The molecule has 0 aliphatic carbocycles. The summed E-state index contributed by atoms with van der Waals surface area (Å²) < 4.78 is 17.0. The van der Waals surface area contributed by atoms with Crippen LogP contribution in [-0.2, 0) is 4.74 Å². The molecular formula is C21H27ClN4O4S. The molecule has 8 nitrogen and oxygen atoms in total. The molecular weight excluding hydrogens is 440 g/mol. The first-order valence-electron chi connectivity index (χ1n) is 10.1. The molecule has 1 aliphatic rings. The maximum atomic E-state index is 13.3. The summed E-state index contributed by atoms with van der Waals surface area (Å²) in [5.41, 5.74) is 2.18. The Hall–Kier alpha value is -2.20. The summed E-state index contributed by atoms with van der Waals surface area (Å²) in [5.74, 6) is 1.11. The zero-order chi connectivity index (χ0) is 21.1. The van der Waals surface area contributed by atoms with Crippen molar-refractivity contribution < 1.29 is 18.8 Å². The second kappa shape index (κ2) is 10.4. The van der Waals surface area contributed by atoms with Crippen molar-refractivity contribution in [2.75, 3.05) is 51.4 Å². The van der Waals surface area contributed by atoms with Crippen LogP contribution < -0.4 is 9.64 Å². The third kappa shape index (κ3) is 5.17. The Balaban J connectivity index is 0.00000272. The van der Waals surface area contributed by atoms with Crippen molar-refractivity contribution in [2.24, 2.45) is 0 Å². The largest absolute Gasteiger partial charge is 0.494 e. The van der Waals surface area contributed by atoms with Crippen molar-refractivity contribution in [3.63, 3.8) is 0 Å². The Morgan fingerprint density at radius 2 is 2.06 bits per heavy atom. The number of halogens is 1. The summed E-state index contributed by atoms with van der Waals surface area (Å²) in [5, 5.41) is 4.57. The van der Waals surface area contributed by atoms with Crippen molar-refractivity contribution in [3.05, 3.63) is 35.2 Å². The van der Waals surface area contributed by atoms with E-state index in [2.05, 4.69) is 10.1 Å². The van der Waals surface area contributed by atoms with Crippen LogP contribution in [0, 0.1) is 13.8 Å². The molecule has 2 aromatic heterocycles. The van der Waals surface area contributed by atoms with Gasteiger partial charge in [-0.25, -0.2) is 4.98 Å². The molecule has 1 aliphatic heterocycles. The molecule has 1 saturated heterocycles. The van der Waals surface area contributed by atoms with Crippen molar-refractivity contribution in [1.29, 1.82) is 0 Å². The van der Waals surface area contributed by atoms with Gasteiger partial charge in [0, 0.05) is 32.2 Å². The van der Waals surface area contributed by atoms with E-state index in [4.69, 9.17) is 19.0 Å². The van der Waals surface area contributed by atoms with Gasteiger partial charge >= 0.3 is 0 Å². The highest BCUT2D eigenvalue weighted by atomic mass is 35.5. The van der Waals surface area contributed by atoms with E-state index in [1.807, 2.05) is 19.1 Å². The molecule has 0 bridgehead atoms. The normalized spacial score (nSPS) is 14.4. The van der Waals surface area contributed by atoms with E-state index in [9.17, 15) is 4.79 Å². The summed E-state index contributed by atoms with van der Waals surface area (Å²) in [6, 6.07) is 5.58. The smallest absolute Gasteiger partial charge is 0.282 e. The van der Waals surface area contributed by atoms with Crippen LogP contribution in [0.5, 0.6) is 5.75 Å². The molecule has 1 amide bonds. The molecule has 0 unspecified atom stereocenters. The first-order chi connectivity index (χ1) is 14.6. The number of amides is 1. The fraction of sp³-hybridized carbons (Fsp3) is 0.476. The summed E-state index contributed by atoms with van der Waals surface area (Å²) in [4.78, 5) is 22.1. The Morgan fingerprint density at radius 1 is 1.29 bits per heavy atom. The number of benzene rings is 1. The second-order valence-electron chi connectivity index (χ2n) is 7.35. The molecule has 0 spiro atoms. The third-order valence-corrected chi connectivity index (χ3v) is 6.41. The van der Waals surface area contributed by atoms with E-state index >= 15 is 0 Å². The van der Waals surface area contributed by atoms with Gasteiger partial charge in [0.05, 0.1) is 25.0 Å². The van der Waals surface area contributed by atoms with E-state index < -0.39 is 0 Å². The highest BCUT2D eigenvalue weighted by molar-refractivity contribution is 7.22. The summed E-state index contributed by atoms with van der Waals surface area (Å²) >= 11 is 1.50. The van der Waals surface area contributed by atoms with Gasteiger partial charge in [-0.1, -0.05) is 22.6 Å². The van der Waals surface area contributed by atoms with E-state index in [0.29, 0.717) is 28.9 Å². The Bertz CT molecular complexity index is 1030.